The number of benzene rings is 2. The van der Waals surface area contributed by atoms with E-state index in [4.69, 9.17) is 10.00 Å². The van der Waals surface area contributed by atoms with Gasteiger partial charge in [-0.15, -0.1) is 15.0 Å². The molecule has 0 aliphatic carbocycles. The van der Waals surface area contributed by atoms with E-state index in [1.807, 2.05) is 31.2 Å². The molecule has 0 saturated carbocycles. The van der Waals surface area contributed by atoms with Gasteiger partial charge in [0.05, 0.1) is 29.4 Å². The van der Waals surface area contributed by atoms with E-state index >= 15 is 0 Å². The molecule has 9 nitrogen and oxygen atoms in total. The Hall–Kier alpha value is -3.61. The molecule has 0 radical (unpaired) electrons. The van der Waals surface area contributed by atoms with E-state index < -0.39 is 0 Å². The quantitative estimate of drug-likeness (QED) is 0.612. The highest BCUT2D eigenvalue weighted by molar-refractivity contribution is 5.94. The van der Waals surface area contributed by atoms with E-state index in [0.29, 0.717) is 30.1 Å². The molecule has 0 bridgehead atoms. The summed E-state index contributed by atoms with van der Waals surface area (Å²) < 4.78 is 5.22. The summed E-state index contributed by atoms with van der Waals surface area (Å²) in [5.41, 5.74) is 6.27. The van der Waals surface area contributed by atoms with E-state index in [2.05, 4.69) is 45.5 Å². The molecule has 3 aromatic rings. The van der Waals surface area contributed by atoms with Crippen molar-refractivity contribution in [1.29, 1.82) is 5.26 Å². The van der Waals surface area contributed by atoms with Gasteiger partial charge in [-0.25, -0.2) is 4.79 Å². The predicted octanol–water partition coefficient (Wildman–Crippen LogP) is 2.36. The maximum Gasteiger partial charge on any atom is 0.338 e. The van der Waals surface area contributed by atoms with E-state index in [-0.39, 0.29) is 18.1 Å². The Morgan fingerprint density at radius 1 is 1.24 bits per heavy atom. The predicted molar refractivity (Wildman–Crippen MR) is 120 cm³/mol. The van der Waals surface area contributed by atoms with Gasteiger partial charge in [-0.3, -0.25) is 4.90 Å². The van der Waals surface area contributed by atoms with Crippen LogP contribution in [0.15, 0.2) is 30.3 Å². The lowest BCUT2D eigenvalue weighted by atomic mass is 9.92. The summed E-state index contributed by atoms with van der Waals surface area (Å²) in [6, 6.07) is 12.0. The molecule has 0 amide bonds. The minimum atomic E-state index is -0.238. The van der Waals surface area contributed by atoms with Gasteiger partial charge in [-0.2, -0.15) is 5.26 Å². The molecule has 1 saturated heterocycles. The average molecular weight is 444 g/mol. The van der Waals surface area contributed by atoms with Gasteiger partial charge >= 0.3 is 5.97 Å². The van der Waals surface area contributed by atoms with Crippen LogP contribution in [0.1, 0.15) is 57.0 Å². The normalized spacial score (nSPS) is 20.4. The maximum atomic E-state index is 11.9. The third-order valence-corrected chi connectivity index (χ3v) is 6.42. The van der Waals surface area contributed by atoms with Crippen LogP contribution >= 0.6 is 0 Å². The van der Waals surface area contributed by atoms with Gasteiger partial charge in [-0.1, -0.05) is 6.07 Å². The fourth-order valence-electron chi connectivity index (χ4n) is 4.74. The number of ether oxygens (including phenoxy) is 1. The van der Waals surface area contributed by atoms with Crippen LogP contribution in [0.5, 0.6) is 0 Å². The molecule has 1 N–H and O–H groups in total. The Balaban J connectivity index is 1.33. The number of hydrogen-bond acceptors (Lipinski definition) is 8. The number of piperazine rings is 1. The summed E-state index contributed by atoms with van der Waals surface area (Å²) in [5.74, 6) is 0.410. The Kier molecular flexibility index (Phi) is 5.40. The highest BCUT2D eigenvalue weighted by atomic mass is 16.5. The molecule has 2 aromatic carbocycles. The third-order valence-electron chi connectivity index (χ3n) is 6.42. The van der Waals surface area contributed by atoms with Crippen LogP contribution in [0.2, 0.25) is 0 Å². The molecular weight excluding hydrogens is 418 g/mol. The van der Waals surface area contributed by atoms with Crippen molar-refractivity contribution in [3.63, 3.8) is 0 Å². The minimum absolute atomic E-state index is 0.131. The fourth-order valence-corrected chi connectivity index (χ4v) is 4.74. The fraction of sp³-hybridized carbons (Fsp3) is 0.375. The van der Waals surface area contributed by atoms with Gasteiger partial charge in [0.2, 0.25) is 0 Å². The molecule has 3 heterocycles. The Morgan fingerprint density at radius 2 is 2.09 bits per heavy atom. The molecule has 168 valence electrons. The van der Waals surface area contributed by atoms with Gasteiger partial charge in [0.15, 0.2) is 5.82 Å². The average Bonchev–Trinajstić information content (AvgIpc) is 3.41. The minimum Gasteiger partial charge on any atom is -0.457 e. The van der Waals surface area contributed by atoms with Crippen LogP contribution in [0.4, 0.5) is 0 Å². The molecule has 2 aliphatic heterocycles. The first-order valence-corrected chi connectivity index (χ1v) is 11.0. The van der Waals surface area contributed by atoms with Crippen molar-refractivity contribution in [3.05, 3.63) is 69.5 Å². The van der Waals surface area contributed by atoms with Gasteiger partial charge in [0.1, 0.15) is 6.61 Å². The molecule has 33 heavy (non-hydrogen) atoms. The second kappa shape index (κ2) is 8.39. The lowest BCUT2D eigenvalue weighted by molar-refractivity contribution is 0.0535. The molecule has 0 unspecified atom stereocenters. The first-order valence-electron chi connectivity index (χ1n) is 11.0. The highest BCUT2D eigenvalue weighted by Gasteiger charge is 2.30. The molecule has 2 aliphatic rings. The molecular formula is C24H25N7O2. The van der Waals surface area contributed by atoms with Crippen molar-refractivity contribution in [3.8, 4) is 11.8 Å². The number of nitrogens with one attached hydrogen (secondary N) is 1. The highest BCUT2D eigenvalue weighted by Crippen LogP contribution is 2.31. The Morgan fingerprint density at radius 3 is 2.88 bits per heavy atom. The number of cyclic esters (lactones) is 1. The number of tetrazole rings is 1. The molecule has 9 heteroatoms. The zero-order valence-electron chi connectivity index (χ0n) is 18.9. The number of nitrogens with zero attached hydrogens (tertiary/aromatic N) is 6. The van der Waals surface area contributed by atoms with Crippen LogP contribution in [0, 0.1) is 25.2 Å². The number of hydrogen-bond donors (Lipinski definition) is 1. The van der Waals surface area contributed by atoms with Crippen LogP contribution < -0.4 is 5.32 Å². The van der Waals surface area contributed by atoms with Gasteiger partial charge < -0.3 is 10.1 Å². The van der Waals surface area contributed by atoms with Gasteiger partial charge in [0.25, 0.3) is 0 Å². The van der Waals surface area contributed by atoms with E-state index in [1.54, 1.807) is 6.07 Å². The number of fused-ring (bicyclic) bond motifs is 1. The summed E-state index contributed by atoms with van der Waals surface area (Å²) in [5, 5.41) is 25.8. The second-order valence-electron chi connectivity index (χ2n) is 8.80. The Labute approximate surface area is 192 Å². The summed E-state index contributed by atoms with van der Waals surface area (Å²) in [6.07, 6.45) is 0. The van der Waals surface area contributed by atoms with Crippen LogP contribution in [-0.4, -0.2) is 50.2 Å². The zero-order chi connectivity index (χ0) is 23.1. The first-order chi connectivity index (χ1) is 15.9. The van der Waals surface area contributed by atoms with Crippen LogP contribution in [0.25, 0.3) is 5.69 Å². The number of carbonyl (C=O) groups excluding carboxylic acids is 1. The lowest BCUT2D eigenvalue weighted by Gasteiger charge is -2.38. The second-order valence-corrected chi connectivity index (χ2v) is 8.80. The largest absolute Gasteiger partial charge is 0.457 e. The van der Waals surface area contributed by atoms with Crippen molar-refractivity contribution >= 4 is 5.97 Å². The number of rotatable bonds is 4. The van der Waals surface area contributed by atoms with Crippen molar-refractivity contribution in [1.82, 2.24) is 30.4 Å². The lowest BCUT2D eigenvalue weighted by Crippen LogP contribution is -2.50. The first kappa shape index (κ1) is 21.2. The number of aromatic nitrogens is 4. The van der Waals surface area contributed by atoms with Gasteiger partial charge in [-0.05, 0) is 66.9 Å². The summed E-state index contributed by atoms with van der Waals surface area (Å²) in [7, 11) is 0. The number of nitriles is 1. The van der Waals surface area contributed by atoms with Crippen molar-refractivity contribution < 1.29 is 9.53 Å². The summed E-state index contributed by atoms with van der Waals surface area (Å²) in [4.78, 5) is 15.7. The molecule has 0 spiro atoms. The molecule has 2 atom stereocenters. The topological polar surface area (TPSA) is 109 Å². The van der Waals surface area contributed by atoms with Gasteiger partial charge in [0, 0.05) is 30.7 Å². The SMILES string of the molecule is Cc1cc(-n2nnc(CN3C[C@@H](c4ccc5c(c4C)COC5=O)N[C@@H](C)C3)n2)ccc1C#N. The van der Waals surface area contributed by atoms with Crippen LogP contribution in [-0.2, 0) is 17.9 Å². The molecule has 5 rings (SSSR count). The smallest absolute Gasteiger partial charge is 0.338 e. The standard InChI is InChI=1S/C24H25N7O2/c1-14-8-18(5-4-17(14)9-25)31-28-23(27-29-31)12-30-10-15(2)26-22(11-30)19-6-7-20-21(16(19)3)13-33-24(20)32/h4-8,15,22,26H,10-13H2,1-3H3/t15-,22-/m0/s1. The monoisotopic (exact) mass is 443 g/mol. The number of carbonyl (C=O) groups is 1. The summed E-state index contributed by atoms with van der Waals surface area (Å²) in [6.45, 7) is 8.72. The Bertz CT molecular complexity index is 1280. The van der Waals surface area contributed by atoms with Crippen molar-refractivity contribution in [2.75, 3.05) is 13.1 Å². The molecule has 1 fully saturated rings. The van der Waals surface area contributed by atoms with Crippen molar-refractivity contribution in [2.24, 2.45) is 0 Å². The van der Waals surface area contributed by atoms with E-state index in [0.717, 1.165) is 35.5 Å². The maximum absolute atomic E-state index is 11.9. The van der Waals surface area contributed by atoms with E-state index in [1.165, 1.54) is 10.4 Å². The third kappa shape index (κ3) is 3.99. The zero-order valence-corrected chi connectivity index (χ0v) is 18.9. The number of esters is 1. The van der Waals surface area contributed by atoms with Crippen LogP contribution in [0.3, 0.4) is 0 Å². The van der Waals surface area contributed by atoms with Crippen molar-refractivity contribution in [2.45, 2.75) is 46.0 Å². The molecule has 1 aromatic heterocycles. The summed E-state index contributed by atoms with van der Waals surface area (Å²) >= 11 is 0. The van der Waals surface area contributed by atoms with E-state index in [9.17, 15) is 4.79 Å². The number of aryl methyl sites for hydroxylation is 1.